The van der Waals surface area contributed by atoms with E-state index in [9.17, 15) is 0 Å². The van der Waals surface area contributed by atoms with Crippen LogP contribution in [0.4, 0.5) is 0 Å². The number of nitrogens with one attached hydrogen (secondary N) is 1. The predicted octanol–water partition coefficient (Wildman–Crippen LogP) is 3.49. The Balaban J connectivity index is 1.73. The minimum absolute atomic E-state index is 0.198. The fraction of sp³-hybridized carbons (Fsp3) is 0.389. The van der Waals surface area contributed by atoms with E-state index in [0.29, 0.717) is 0 Å². The number of nitrogens with zero attached hydrogens (tertiary/aromatic N) is 1. The molecule has 0 saturated heterocycles. The highest BCUT2D eigenvalue weighted by Crippen LogP contribution is 2.39. The first-order valence-corrected chi connectivity index (χ1v) is 7.83. The highest BCUT2D eigenvalue weighted by Gasteiger charge is 2.24. The molecule has 0 spiro atoms. The fourth-order valence-corrected chi connectivity index (χ4v) is 3.09. The fourth-order valence-electron chi connectivity index (χ4n) is 3.09. The van der Waals surface area contributed by atoms with Crippen molar-refractivity contribution in [3.63, 3.8) is 0 Å². The number of nitrogens with two attached hydrogens (primary N) is 1. The van der Waals surface area contributed by atoms with Crippen molar-refractivity contribution in [2.24, 2.45) is 5.84 Å². The van der Waals surface area contributed by atoms with Crippen LogP contribution in [-0.4, -0.2) is 4.98 Å². The Kier molecular flexibility index (Phi) is 4.63. The van der Waals surface area contributed by atoms with Gasteiger partial charge in [-0.05, 0) is 54.9 Å². The zero-order valence-electron chi connectivity index (χ0n) is 12.3. The van der Waals surface area contributed by atoms with E-state index in [4.69, 9.17) is 5.84 Å². The van der Waals surface area contributed by atoms with Gasteiger partial charge in [0.2, 0.25) is 0 Å². The van der Waals surface area contributed by atoms with Crippen LogP contribution in [0, 0.1) is 0 Å². The smallest absolute Gasteiger partial charge is 0.0466 e. The summed E-state index contributed by atoms with van der Waals surface area (Å²) in [7, 11) is 0. The molecule has 3 N–H and O–H groups in total. The maximum atomic E-state index is 5.83. The van der Waals surface area contributed by atoms with Gasteiger partial charge in [0.25, 0.3) is 0 Å². The van der Waals surface area contributed by atoms with Gasteiger partial charge in [0.05, 0.1) is 0 Å². The van der Waals surface area contributed by atoms with Gasteiger partial charge in [-0.25, -0.2) is 0 Å². The predicted molar refractivity (Wildman–Crippen MR) is 85.7 cm³/mol. The first-order valence-electron chi connectivity index (χ1n) is 7.83. The number of benzene rings is 1. The zero-order valence-corrected chi connectivity index (χ0v) is 12.3. The summed E-state index contributed by atoms with van der Waals surface area (Å²) in [5, 5.41) is 0. The highest BCUT2D eigenvalue weighted by molar-refractivity contribution is 5.34. The molecule has 1 saturated carbocycles. The third kappa shape index (κ3) is 3.31. The molecule has 1 unspecified atom stereocenters. The summed E-state index contributed by atoms with van der Waals surface area (Å²) in [5.74, 6) is 6.56. The molecular formula is C18H23N3. The second kappa shape index (κ2) is 6.83. The van der Waals surface area contributed by atoms with Crippen LogP contribution in [0.3, 0.4) is 0 Å². The van der Waals surface area contributed by atoms with Crippen LogP contribution in [0.5, 0.6) is 0 Å². The van der Waals surface area contributed by atoms with E-state index in [-0.39, 0.29) is 6.04 Å². The van der Waals surface area contributed by atoms with Crippen molar-refractivity contribution in [3.05, 3.63) is 65.5 Å². The topological polar surface area (TPSA) is 50.9 Å². The molecule has 0 amide bonds. The second-order valence-corrected chi connectivity index (χ2v) is 5.84. The molecule has 21 heavy (non-hydrogen) atoms. The molecule has 3 rings (SSSR count). The van der Waals surface area contributed by atoms with Crippen LogP contribution in [-0.2, 0) is 6.42 Å². The summed E-state index contributed by atoms with van der Waals surface area (Å²) in [4.78, 5) is 4.39. The SMILES string of the molecule is NNC(CCc1ccccn1)c1ccccc1C1CCC1. The molecule has 0 aliphatic heterocycles. The second-order valence-electron chi connectivity index (χ2n) is 5.84. The first-order chi connectivity index (χ1) is 10.4. The van der Waals surface area contributed by atoms with Crippen LogP contribution in [0.1, 0.15) is 54.5 Å². The summed E-state index contributed by atoms with van der Waals surface area (Å²) in [6.45, 7) is 0. The van der Waals surface area contributed by atoms with Gasteiger partial charge in [0, 0.05) is 17.9 Å². The summed E-state index contributed by atoms with van der Waals surface area (Å²) in [6.07, 6.45) is 7.74. The number of aromatic nitrogens is 1. The summed E-state index contributed by atoms with van der Waals surface area (Å²) in [6, 6.07) is 15.0. The van der Waals surface area contributed by atoms with Gasteiger partial charge < -0.3 is 0 Å². The van der Waals surface area contributed by atoms with Gasteiger partial charge in [0.15, 0.2) is 0 Å². The Morgan fingerprint density at radius 3 is 2.62 bits per heavy atom. The van der Waals surface area contributed by atoms with Gasteiger partial charge in [-0.15, -0.1) is 0 Å². The molecule has 1 aromatic carbocycles. The number of hydrogen-bond acceptors (Lipinski definition) is 3. The lowest BCUT2D eigenvalue weighted by Gasteiger charge is -2.30. The monoisotopic (exact) mass is 281 g/mol. The molecule has 1 aromatic heterocycles. The van der Waals surface area contributed by atoms with E-state index in [0.717, 1.165) is 24.5 Å². The molecule has 0 radical (unpaired) electrons. The Morgan fingerprint density at radius 1 is 1.14 bits per heavy atom. The van der Waals surface area contributed by atoms with Crippen molar-refractivity contribution >= 4 is 0 Å². The normalized spacial score (nSPS) is 16.4. The third-order valence-electron chi connectivity index (χ3n) is 4.53. The van der Waals surface area contributed by atoms with Crippen molar-refractivity contribution in [2.45, 2.75) is 44.1 Å². The molecule has 110 valence electrons. The van der Waals surface area contributed by atoms with E-state index in [1.165, 1.54) is 30.4 Å². The van der Waals surface area contributed by atoms with Crippen molar-refractivity contribution in [1.82, 2.24) is 10.4 Å². The third-order valence-corrected chi connectivity index (χ3v) is 4.53. The van der Waals surface area contributed by atoms with Gasteiger partial charge in [-0.2, -0.15) is 0 Å². The molecule has 3 nitrogen and oxygen atoms in total. The van der Waals surface area contributed by atoms with Crippen molar-refractivity contribution < 1.29 is 0 Å². The van der Waals surface area contributed by atoms with Crippen LogP contribution >= 0.6 is 0 Å². The Morgan fingerprint density at radius 2 is 1.95 bits per heavy atom. The lowest BCUT2D eigenvalue weighted by molar-refractivity contribution is 0.409. The van der Waals surface area contributed by atoms with E-state index in [2.05, 4.69) is 40.7 Å². The van der Waals surface area contributed by atoms with Gasteiger partial charge in [-0.3, -0.25) is 16.3 Å². The molecule has 0 bridgehead atoms. The number of rotatable bonds is 6. The van der Waals surface area contributed by atoms with Crippen LogP contribution in [0.2, 0.25) is 0 Å². The van der Waals surface area contributed by atoms with Crippen molar-refractivity contribution in [3.8, 4) is 0 Å². The van der Waals surface area contributed by atoms with E-state index in [1.54, 1.807) is 0 Å². The molecule has 2 aromatic rings. The van der Waals surface area contributed by atoms with Crippen LogP contribution < -0.4 is 11.3 Å². The quantitative estimate of drug-likeness (QED) is 0.629. The molecule has 3 heteroatoms. The van der Waals surface area contributed by atoms with Gasteiger partial charge in [0.1, 0.15) is 0 Å². The minimum atomic E-state index is 0.198. The highest BCUT2D eigenvalue weighted by atomic mass is 15.2. The molecule has 1 atom stereocenters. The van der Waals surface area contributed by atoms with Gasteiger partial charge in [-0.1, -0.05) is 36.8 Å². The Bertz CT molecular complexity index is 564. The lowest BCUT2D eigenvalue weighted by atomic mass is 9.77. The van der Waals surface area contributed by atoms with E-state index >= 15 is 0 Å². The summed E-state index contributed by atoms with van der Waals surface area (Å²) < 4.78 is 0. The van der Waals surface area contributed by atoms with Crippen LogP contribution in [0.15, 0.2) is 48.7 Å². The number of hydrazine groups is 1. The standard InChI is InChI=1S/C18H23N3/c19-21-18(12-11-15-8-3-4-13-20-15)17-10-2-1-9-16(17)14-6-5-7-14/h1-4,8-10,13-14,18,21H,5-7,11-12,19H2. The molecule has 1 heterocycles. The Labute approximate surface area is 126 Å². The Hall–Kier alpha value is -1.71. The number of pyridine rings is 1. The lowest BCUT2D eigenvalue weighted by Crippen LogP contribution is -2.30. The summed E-state index contributed by atoms with van der Waals surface area (Å²) in [5.41, 5.74) is 6.97. The zero-order chi connectivity index (χ0) is 14.5. The van der Waals surface area contributed by atoms with Gasteiger partial charge >= 0.3 is 0 Å². The number of aryl methyl sites for hydroxylation is 1. The van der Waals surface area contributed by atoms with E-state index < -0.39 is 0 Å². The largest absolute Gasteiger partial charge is 0.271 e. The maximum Gasteiger partial charge on any atom is 0.0466 e. The number of hydrogen-bond donors (Lipinski definition) is 2. The average molecular weight is 281 g/mol. The van der Waals surface area contributed by atoms with E-state index in [1.807, 2.05) is 18.3 Å². The molecule has 1 aliphatic rings. The molecular weight excluding hydrogens is 258 g/mol. The van der Waals surface area contributed by atoms with Crippen LogP contribution in [0.25, 0.3) is 0 Å². The minimum Gasteiger partial charge on any atom is -0.271 e. The average Bonchev–Trinajstić information content (AvgIpc) is 2.49. The molecule has 1 fully saturated rings. The maximum absolute atomic E-state index is 5.83. The van der Waals surface area contributed by atoms with Crippen molar-refractivity contribution in [1.29, 1.82) is 0 Å². The van der Waals surface area contributed by atoms with Crippen molar-refractivity contribution in [2.75, 3.05) is 0 Å². The molecule has 1 aliphatic carbocycles. The summed E-state index contributed by atoms with van der Waals surface area (Å²) >= 11 is 0. The first kappa shape index (κ1) is 14.2.